The Bertz CT molecular complexity index is 1420. The Morgan fingerprint density at radius 2 is 1.78 bits per heavy atom. The van der Waals surface area contributed by atoms with Crippen molar-refractivity contribution in [3.05, 3.63) is 68.7 Å². The van der Waals surface area contributed by atoms with Gasteiger partial charge in [-0.3, -0.25) is 14.9 Å². The van der Waals surface area contributed by atoms with E-state index in [1.807, 2.05) is 30.3 Å². The van der Waals surface area contributed by atoms with E-state index in [0.717, 1.165) is 33.3 Å². The zero-order valence-electron chi connectivity index (χ0n) is 22.1. The van der Waals surface area contributed by atoms with E-state index in [9.17, 15) is 28.1 Å². The Balaban J connectivity index is 1.05. The molecule has 2 heterocycles. The molecule has 2 aromatic carbocycles. The van der Waals surface area contributed by atoms with Gasteiger partial charge in [0.15, 0.2) is 0 Å². The minimum atomic E-state index is -4.82. The zero-order chi connectivity index (χ0) is 29.1. The summed E-state index contributed by atoms with van der Waals surface area (Å²) in [6.45, 7) is 2.50. The van der Waals surface area contributed by atoms with Crippen LogP contribution in [0.3, 0.4) is 0 Å². The third-order valence-electron chi connectivity index (χ3n) is 7.58. The van der Waals surface area contributed by atoms with Crippen molar-refractivity contribution in [1.82, 2.24) is 9.88 Å². The number of halogens is 4. The van der Waals surface area contributed by atoms with E-state index in [2.05, 4.69) is 26.1 Å². The number of rotatable bonds is 7. The maximum absolute atomic E-state index is 13.3. The number of fused-ring (bicyclic) bond motifs is 1. The number of pyridine rings is 1. The van der Waals surface area contributed by atoms with Crippen LogP contribution in [0, 0.1) is 10.1 Å². The number of alkyl halides is 3. The molecule has 1 aliphatic carbocycles. The number of nitro groups is 1. The average molecular weight is 636 g/mol. The van der Waals surface area contributed by atoms with Crippen molar-refractivity contribution in [2.75, 3.05) is 43.0 Å². The summed E-state index contributed by atoms with van der Waals surface area (Å²) < 4.78 is 46.7. The van der Waals surface area contributed by atoms with E-state index in [0.29, 0.717) is 51.9 Å². The highest BCUT2D eigenvalue weighted by molar-refractivity contribution is 9.10. The quantitative estimate of drug-likeness (QED) is 0.250. The first-order valence-electron chi connectivity index (χ1n) is 13.4. The standard InChI is InChI=1S/C28H29BrF3N5O4/c29-19-2-8-24-18(15-19)1-10-26(34-24)35-11-13-36(14-12-35)27(38)17-41-22-6-3-20(4-7-22)33-21-5-9-25(37(39)40)23(16-21)28(30,31)32/h1-2,5,8-10,15-16,20,22,33H,3-4,6-7,11-14,17H2/t20-,22-. The second-order valence-corrected chi connectivity index (χ2v) is 11.2. The Morgan fingerprint density at radius 1 is 1.05 bits per heavy atom. The van der Waals surface area contributed by atoms with Gasteiger partial charge in [0.2, 0.25) is 5.91 Å². The second-order valence-electron chi connectivity index (χ2n) is 10.3. The number of nitrogens with one attached hydrogen (secondary N) is 1. The monoisotopic (exact) mass is 635 g/mol. The van der Waals surface area contributed by atoms with Gasteiger partial charge in [-0.2, -0.15) is 13.2 Å². The summed E-state index contributed by atoms with van der Waals surface area (Å²) in [4.78, 5) is 31.5. The van der Waals surface area contributed by atoms with Crippen LogP contribution in [-0.2, 0) is 15.7 Å². The lowest BCUT2D eigenvalue weighted by Gasteiger charge is -2.36. The lowest BCUT2D eigenvalue weighted by Crippen LogP contribution is -2.50. The van der Waals surface area contributed by atoms with Crippen molar-refractivity contribution < 1.29 is 27.6 Å². The first-order valence-corrected chi connectivity index (χ1v) is 14.2. The van der Waals surface area contributed by atoms with E-state index in [1.165, 1.54) is 6.07 Å². The van der Waals surface area contributed by atoms with Gasteiger partial charge in [0, 0.05) is 53.8 Å². The smallest absolute Gasteiger partial charge is 0.382 e. The van der Waals surface area contributed by atoms with Crippen LogP contribution in [0.2, 0.25) is 0 Å². The van der Waals surface area contributed by atoms with E-state index < -0.39 is 22.4 Å². The molecule has 3 aromatic rings. The molecule has 218 valence electrons. The molecule has 0 spiro atoms. The number of carbonyl (C=O) groups is 1. The summed E-state index contributed by atoms with van der Waals surface area (Å²) in [6, 6.07) is 12.9. The molecular formula is C28H29BrF3N5O4. The SMILES string of the molecule is O=C(CO[C@H]1CC[C@H](Nc2ccc([N+](=O)[O-])c(C(F)(F)F)c2)CC1)N1CCN(c2ccc3cc(Br)ccc3n2)CC1. The molecule has 1 N–H and O–H groups in total. The number of anilines is 2. The third-order valence-corrected chi connectivity index (χ3v) is 8.07. The first kappa shape index (κ1) is 29.1. The van der Waals surface area contributed by atoms with E-state index >= 15 is 0 Å². The molecule has 5 rings (SSSR count). The first-order chi connectivity index (χ1) is 19.6. The van der Waals surface area contributed by atoms with Gasteiger partial charge in [-0.05, 0) is 68.1 Å². The summed E-state index contributed by atoms with van der Waals surface area (Å²) in [5.41, 5.74) is -1.13. The molecule has 2 aliphatic rings. The number of ether oxygens (including phenoxy) is 1. The fourth-order valence-electron chi connectivity index (χ4n) is 5.35. The van der Waals surface area contributed by atoms with Gasteiger partial charge >= 0.3 is 6.18 Å². The Labute approximate surface area is 242 Å². The van der Waals surface area contributed by atoms with E-state index in [1.54, 1.807) is 4.90 Å². The predicted octanol–water partition coefficient (Wildman–Crippen LogP) is 6.01. The highest BCUT2D eigenvalue weighted by Crippen LogP contribution is 2.38. The van der Waals surface area contributed by atoms with Crippen LogP contribution < -0.4 is 10.2 Å². The predicted molar refractivity (Wildman–Crippen MR) is 152 cm³/mol. The molecule has 1 saturated heterocycles. The number of aromatic nitrogens is 1. The summed E-state index contributed by atoms with van der Waals surface area (Å²) >= 11 is 3.48. The van der Waals surface area contributed by atoms with Crippen LogP contribution in [0.4, 0.5) is 30.4 Å². The van der Waals surface area contributed by atoms with Crippen LogP contribution in [-0.4, -0.2) is 65.6 Å². The molecule has 1 saturated carbocycles. The second kappa shape index (κ2) is 12.2. The lowest BCUT2D eigenvalue weighted by molar-refractivity contribution is -0.388. The fourth-order valence-corrected chi connectivity index (χ4v) is 5.73. The highest BCUT2D eigenvalue weighted by atomic mass is 79.9. The molecule has 41 heavy (non-hydrogen) atoms. The summed E-state index contributed by atoms with van der Waals surface area (Å²) in [6.07, 6.45) is -2.33. The molecule has 1 aromatic heterocycles. The third kappa shape index (κ3) is 7.07. The summed E-state index contributed by atoms with van der Waals surface area (Å²) in [5, 5.41) is 15.1. The minimum Gasteiger partial charge on any atom is -0.382 e. The average Bonchev–Trinajstić information content (AvgIpc) is 2.96. The van der Waals surface area contributed by atoms with Gasteiger partial charge in [-0.15, -0.1) is 0 Å². The molecular weight excluding hydrogens is 607 g/mol. The zero-order valence-corrected chi connectivity index (χ0v) is 23.7. The topological polar surface area (TPSA) is 101 Å². The van der Waals surface area contributed by atoms with Crippen LogP contribution in [0.25, 0.3) is 10.9 Å². The fraction of sp³-hybridized carbons (Fsp3) is 0.429. The van der Waals surface area contributed by atoms with Crippen molar-refractivity contribution in [2.24, 2.45) is 0 Å². The molecule has 13 heteroatoms. The molecule has 2 fully saturated rings. The summed E-state index contributed by atoms with van der Waals surface area (Å²) in [7, 11) is 0. The van der Waals surface area contributed by atoms with Gasteiger partial charge in [0.1, 0.15) is 18.0 Å². The highest BCUT2D eigenvalue weighted by Gasteiger charge is 2.38. The number of piperazine rings is 1. The van der Waals surface area contributed by atoms with E-state index in [4.69, 9.17) is 9.72 Å². The normalized spacial score (nSPS) is 19.8. The molecule has 1 aliphatic heterocycles. The van der Waals surface area contributed by atoms with Gasteiger partial charge in [-0.25, -0.2) is 4.98 Å². The number of amides is 1. The van der Waals surface area contributed by atoms with Gasteiger partial charge < -0.3 is 19.9 Å². The number of nitrogens with zero attached hydrogens (tertiary/aromatic N) is 4. The van der Waals surface area contributed by atoms with E-state index in [-0.39, 0.29) is 30.3 Å². The number of hydrogen-bond donors (Lipinski definition) is 1. The number of hydrogen-bond acceptors (Lipinski definition) is 7. The van der Waals surface area contributed by atoms with Gasteiger partial charge in [0.25, 0.3) is 5.69 Å². The maximum Gasteiger partial charge on any atom is 0.423 e. The maximum atomic E-state index is 13.3. The number of carbonyl (C=O) groups excluding carboxylic acids is 1. The number of nitro benzene ring substituents is 1. The van der Waals surface area contributed by atoms with Gasteiger partial charge in [0.05, 0.1) is 16.5 Å². The van der Waals surface area contributed by atoms with Gasteiger partial charge in [-0.1, -0.05) is 15.9 Å². The summed E-state index contributed by atoms with van der Waals surface area (Å²) in [5.74, 6) is 0.823. The Kier molecular flexibility index (Phi) is 8.64. The van der Waals surface area contributed by atoms with Crippen molar-refractivity contribution >= 4 is 49.9 Å². The van der Waals surface area contributed by atoms with Crippen molar-refractivity contribution in [3.63, 3.8) is 0 Å². The molecule has 9 nitrogen and oxygen atoms in total. The lowest BCUT2D eigenvalue weighted by atomic mass is 9.92. The van der Waals surface area contributed by atoms with Crippen molar-refractivity contribution in [1.29, 1.82) is 0 Å². The largest absolute Gasteiger partial charge is 0.423 e. The van der Waals surface area contributed by atoms with Crippen LogP contribution in [0.5, 0.6) is 0 Å². The molecule has 0 atom stereocenters. The minimum absolute atomic E-state index is 0.0108. The van der Waals surface area contributed by atoms with Crippen LogP contribution in [0.15, 0.2) is 53.0 Å². The van der Waals surface area contributed by atoms with Crippen molar-refractivity contribution in [3.8, 4) is 0 Å². The molecule has 0 radical (unpaired) electrons. The van der Waals surface area contributed by atoms with Crippen molar-refractivity contribution in [2.45, 2.75) is 44.0 Å². The van der Waals surface area contributed by atoms with Crippen LogP contribution >= 0.6 is 15.9 Å². The Hall–Kier alpha value is -3.45. The van der Waals surface area contributed by atoms with Crippen LogP contribution in [0.1, 0.15) is 31.2 Å². The molecule has 1 amide bonds. The molecule has 0 unspecified atom stereocenters. The Morgan fingerprint density at radius 3 is 2.46 bits per heavy atom. The number of benzene rings is 2. The molecule has 0 bridgehead atoms.